The van der Waals surface area contributed by atoms with Gasteiger partial charge in [0.2, 0.25) is 0 Å². The van der Waals surface area contributed by atoms with Crippen molar-refractivity contribution in [3.8, 4) is 0 Å². The average Bonchev–Trinajstić information content (AvgIpc) is 3.56. The molecule has 0 amide bonds. The van der Waals surface area contributed by atoms with E-state index in [2.05, 4.69) is 47.7 Å². The Balaban J connectivity index is 1.75. The predicted octanol–water partition coefficient (Wildman–Crippen LogP) is 4.39. The van der Waals surface area contributed by atoms with Gasteiger partial charge in [-0.3, -0.25) is 0 Å². The molecule has 0 unspecified atom stereocenters. The normalized spacial score (nSPS) is 40.0. The van der Waals surface area contributed by atoms with E-state index < -0.39 is 20.7 Å². The highest BCUT2D eigenvalue weighted by Gasteiger charge is 2.49. The predicted molar refractivity (Wildman–Crippen MR) is 145 cm³/mol. The number of ether oxygens (including phenoxy) is 6. The molecular weight excluding hydrogens is 492 g/mol. The van der Waals surface area contributed by atoms with Gasteiger partial charge in [0.15, 0.2) is 14.6 Å². The molecule has 0 aromatic rings. The van der Waals surface area contributed by atoms with E-state index in [4.69, 9.17) is 32.8 Å². The number of rotatable bonds is 12. The molecular formula is C28H54O8Si. The van der Waals surface area contributed by atoms with E-state index in [0.717, 1.165) is 12.8 Å². The van der Waals surface area contributed by atoms with Crippen LogP contribution in [-0.4, -0.2) is 97.0 Å². The van der Waals surface area contributed by atoms with Crippen LogP contribution in [0.1, 0.15) is 60.3 Å². The molecule has 1 saturated carbocycles. The van der Waals surface area contributed by atoms with Crippen molar-refractivity contribution in [1.29, 1.82) is 0 Å². The van der Waals surface area contributed by atoms with E-state index in [0.29, 0.717) is 24.9 Å². The number of hydrogen-bond acceptors (Lipinski definition) is 8. The molecule has 1 N–H and O–H groups in total. The van der Waals surface area contributed by atoms with Crippen molar-refractivity contribution in [3.63, 3.8) is 0 Å². The maximum absolute atomic E-state index is 9.78. The molecule has 37 heavy (non-hydrogen) atoms. The van der Waals surface area contributed by atoms with Crippen LogP contribution in [0.2, 0.25) is 18.1 Å². The van der Waals surface area contributed by atoms with Crippen LogP contribution in [0.25, 0.3) is 0 Å². The smallest absolute Gasteiger partial charge is 0.192 e. The van der Waals surface area contributed by atoms with E-state index in [1.165, 1.54) is 6.42 Å². The lowest BCUT2D eigenvalue weighted by molar-refractivity contribution is -0.309. The van der Waals surface area contributed by atoms with Gasteiger partial charge >= 0.3 is 0 Å². The highest BCUT2D eigenvalue weighted by molar-refractivity contribution is 6.74. The quantitative estimate of drug-likeness (QED) is 0.361. The molecule has 0 radical (unpaired) electrons. The molecule has 3 fully saturated rings. The molecule has 2 heterocycles. The fourth-order valence-electron chi connectivity index (χ4n) is 5.69. The Morgan fingerprint density at radius 3 is 2.14 bits per heavy atom. The molecule has 9 heteroatoms. The van der Waals surface area contributed by atoms with Gasteiger partial charge in [-0.25, -0.2) is 0 Å². The monoisotopic (exact) mass is 546 g/mol. The van der Waals surface area contributed by atoms with Gasteiger partial charge in [-0.15, -0.1) is 0 Å². The van der Waals surface area contributed by atoms with Gasteiger partial charge in [0.1, 0.15) is 18.3 Å². The van der Waals surface area contributed by atoms with Crippen LogP contribution in [0.5, 0.6) is 0 Å². The van der Waals surface area contributed by atoms with Crippen LogP contribution in [0.3, 0.4) is 0 Å². The van der Waals surface area contributed by atoms with Gasteiger partial charge in [0, 0.05) is 40.3 Å². The van der Waals surface area contributed by atoms with E-state index in [-0.39, 0.29) is 54.2 Å². The van der Waals surface area contributed by atoms with Crippen LogP contribution < -0.4 is 0 Å². The van der Waals surface area contributed by atoms with Gasteiger partial charge in [-0.1, -0.05) is 34.6 Å². The molecule has 1 aliphatic carbocycles. The van der Waals surface area contributed by atoms with Crippen LogP contribution in [0.15, 0.2) is 0 Å². The van der Waals surface area contributed by atoms with Gasteiger partial charge in [-0.05, 0) is 49.2 Å². The Morgan fingerprint density at radius 1 is 0.973 bits per heavy atom. The summed E-state index contributed by atoms with van der Waals surface area (Å²) in [6.45, 7) is 16.5. The van der Waals surface area contributed by atoms with Crippen molar-refractivity contribution in [2.75, 3.05) is 34.5 Å². The first-order valence-electron chi connectivity index (χ1n) is 14.2. The highest BCUT2D eigenvalue weighted by Crippen LogP contribution is 2.48. The largest absolute Gasteiger partial charge is 0.414 e. The average molecular weight is 547 g/mol. The van der Waals surface area contributed by atoms with Crippen LogP contribution in [0, 0.1) is 17.8 Å². The Morgan fingerprint density at radius 2 is 1.62 bits per heavy atom. The fourth-order valence-corrected chi connectivity index (χ4v) is 7.07. The molecule has 0 aromatic carbocycles. The van der Waals surface area contributed by atoms with Crippen molar-refractivity contribution in [3.05, 3.63) is 0 Å². The molecule has 3 rings (SSSR count). The zero-order valence-corrected chi connectivity index (χ0v) is 25.9. The number of hydrogen-bond donors (Lipinski definition) is 1. The summed E-state index contributed by atoms with van der Waals surface area (Å²) in [5.74, 6) is 1.38. The topological polar surface area (TPSA) is 84.8 Å². The van der Waals surface area contributed by atoms with Crippen LogP contribution >= 0.6 is 0 Å². The van der Waals surface area contributed by atoms with E-state index in [1.54, 1.807) is 21.3 Å². The van der Waals surface area contributed by atoms with Crippen LogP contribution in [0.4, 0.5) is 0 Å². The second-order valence-electron chi connectivity index (χ2n) is 13.0. The Kier molecular flexibility index (Phi) is 11.1. The molecule has 11 atom stereocenters. The minimum absolute atomic E-state index is 0.00477. The maximum Gasteiger partial charge on any atom is 0.192 e. The van der Waals surface area contributed by atoms with Crippen molar-refractivity contribution >= 4 is 8.32 Å². The summed E-state index contributed by atoms with van der Waals surface area (Å²) >= 11 is 0. The molecule has 218 valence electrons. The standard InChI is InChI=1S/C28H54O8Si/c1-17-13-20(17)23(36-37(9,10)28(3,4)5)15-19-14-22(18(2)21(34-19)11-12-29)35-27-26(32-8)25(31-7)24(30-6)16-33-27/h17-27,29H,11-16H2,1-10H3/t17-,18-,19-,20-,21-,22-,23-,24+,25-,26+,27-/m0/s1. The zero-order valence-electron chi connectivity index (χ0n) is 24.9. The summed E-state index contributed by atoms with van der Waals surface area (Å²) in [7, 11) is 3.04. The third-order valence-electron chi connectivity index (χ3n) is 9.38. The molecule has 8 nitrogen and oxygen atoms in total. The SMILES string of the molecule is CO[C@@H]1[C@@H](OC)[C@H](O[C@H]2C[C@@H](C[C@H](O[Si](C)(C)C(C)(C)C)[C@H]3C[C@@H]3C)O[C@@H](CCO)[C@@H]2C)OC[C@H]1OC. The third kappa shape index (κ3) is 7.55. The fraction of sp³-hybridized carbons (Fsp3) is 1.00. The first kappa shape index (κ1) is 31.4. The highest BCUT2D eigenvalue weighted by atomic mass is 28.4. The maximum atomic E-state index is 9.78. The van der Waals surface area contributed by atoms with Gasteiger partial charge in [0.25, 0.3) is 0 Å². The summed E-state index contributed by atoms with van der Waals surface area (Å²) in [6, 6.07) is 0. The number of aliphatic hydroxyl groups excluding tert-OH is 1. The van der Waals surface area contributed by atoms with Crippen molar-refractivity contribution in [2.24, 2.45) is 17.8 Å². The van der Waals surface area contributed by atoms with Gasteiger partial charge in [-0.2, -0.15) is 0 Å². The Bertz CT molecular complexity index is 700. The summed E-state index contributed by atoms with van der Waals surface area (Å²) in [5.41, 5.74) is 0. The lowest BCUT2D eigenvalue weighted by atomic mass is 9.86. The van der Waals surface area contributed by atoms with E-state index >= 15 is 0 Å². The first-order chi connectivity index (χ1) is 17.4. The van der Waals surface area contributed by atoms with Crippen molar-refractivity contribution in [2.45, 2.75) is 127 Å². The summed E-state index contributed by atoms with van der Waals surface area (Å²) in [4.78, 5) is 0. The minimum atomic E-state index is -1.93. The van der Waals surface area contributed by atoms with Gasteiger partial charge < -0.3 is 38.0 Å². The van der Waals surface area contributed by atoms with Crippen molar-refractivity contribution < 1.29 is 38.0 Å². The van der Waals surface area contributed by atoms with Crippen molar-refractivity contribution in [1.82, 2.24) is 0 Å². The second kappa shape index (κ2) is 13.0. The van der Waals surface area contributed by atoms with E-state index in [1.807, 2.05) is 0 Å². The minimum Gasteiger partial charge on any atom is -0.414 e. The third-order valence-corrected chi connectivity index (χ3v) is 13.9. The molecule has 0 aromatic heterocycles. The van der Waals surface area contributed by atoms with Gasteiger partial charge in [0.05, 0.1) is 31.0 Å². The first-order valence-corrected chi connectivity index (χ1v) is 17.1. The summed E-state index contributed by atoms with van der Waals surface area (Å²) < 4.78 is 43.4. The second-order valence-corrected chi connectivity index (χ2v) is 17.7. The van der Waals surface area contributed by atoms with E-state index in [9.17, 15) is 5.11 Å². The zero-order chi connectivity index (χ0) is 27.5. The van der Waals surface area contributed by atoms with Crippen LogP contribution in [-0.2, 0) is 32.8 Å². The lowest BCUT2D eigenvalue weighted by Gasteiger charge is -2.46. The molecule has 0 spiro atoms. The Hall–Kier alpha value is -0.103. The molecule has 2 aliphatic heterocycles. The number of methoxy groups -OCH3 is 3. The molecule has 0 bridgehead atoms. The summed E-state index contributed by atoms with van der Waals surface area (Å²) in [5, 5.41) is 9.93. The Labute approximate surface area is 226 Å². The molecule has 2 saturated heterocycles. The molecule has 3 aliphatic rings. The summed E-state index contributed by atoms with van der Waals surface area (Å²) in [6.07, 6.45) is 1.91. The number of aliphatic hydroxyl groups is 1. The lowest BCUT2D eigenvalue weighted by Crippen LogP contribution is -2.58.